The molecule has 0 N–H and O–H groups in total. The van der Waals surface area contributed by atoms with Crippen molar-refractivity contribution in [1.29, 1.82) is 5.26 Å². The predicted octanol–water partition coefficient (Wildman–Crippen LogP) is 13.1. The molecule has 53 heavy (non-hydrogen) atoms. The van der Waals surface area contributed by atoms with Crippen LogP contribution >= 0.6 is 0 Å². The zero-order valence-electron chi connectivity index (χ0n) is 28.6. The molecule has 0 unspecified atom stereocenters. The standard InChI is InChI=1S/C50H29N3/c51-29-31-10-19-44-45-20-17-35(28-48(45)53(47(44)22-31)43-8-2-1-3-9-43)40-18-21-46(52-30-40)42-26-38-15-13-36-24-41(25-37-14-16-39(27-42)50(38)49(36)37)34-12-11-32-6-4-5-7-33(32)23-34/h1-28,30H. The fourth-order valence-electron chi connectivity index (χ4n) is 8.38. The Balaban J connectivity index is 0.975. The predicted molar refractivity (Wildman–Crippen MR) is 221 cm³/mol. The molecule has 0 amide bonds. The number of hydrogen-bond donors (Lipinski definition) is 0. The van der Waals surface area contributed by atoms with Crippen LogP contribution in [0.4, 0.5) is 0 Å². The molecule has 11 rings (SSSR count). The summed E-state index contributed by atoms with van der Waals surface area (Å²) in [6.45, 7) is 0. The molecule has 0 saturated heterocycles. The highest BCUT2D eigenvalue weighted by Crippen LogP contribution is 2.40. The minimum atomic E-state index is 0.649. The van der Waals surface area contributed by atoms with Crippen molar-refractivity contribution in [2.24, 2.45) is 0 Å². The molecule has 0 radical (unpaired) electrons. The van der Waals surface area contributed by atoms with Gasteiger partial charge in [-0.05, 0) is 127 Å². The molecule has 2 aromatic heterocycles. The molecular formula is C50H29N3. The highest BCUT2D eigenvalue weighted by atomic mass is 15.0. The topological polar surface area (TPSA) is 41.6 Å². The van der Waals surface area contributed by atoms with Gasteiger partial charge in [0.2, 0.25) is 0 Å². The van der Waals surface area contributed by atoms with Crippen LogP contribution in [0.2, 0.25) is 0 Å². The number of rotatable bonds is 4. The van der Waals surface area contributed by atoms with E-state index in [1.165, 1.54) is 54.2 Å². The first-order chi connectivity index (χ1) is 26.2. The summed E-state index contributed by atoms with van der Waals surface area (Å²) in [4.78, 5) is 5.01. The number of aromatic nitrogens is 2. The molecule has 0 atom stereocenters. The maximum atomic E-state index is 9.66. The van der Waals surface area contributed by atoms with Crippen molar-refractivity contribution < 1.29 is 0 Å². The van der Waals surface area contributed by atoms with Gasteiger partial charge in [0.05, 0.1) is 28.4 Å². The molecule has 0 bridgehead atoms. The van der Waals surface area contributed by atoms with Crippen molar-refractivity contribution in [1.82, 2.24) is 9.55 Å². The van der Waals surface area contributed by atoms with E-state index in [0.717, 1.165) is 49.9 Å². The molecule has 0 fully saturated rings. The SMILES string of the molecule is N#Cc1ccc2c3ccc(-c4ccc(-c5cc6ccc7cc(-c8ccc9ccccc9c8)cc8ccc(c5)c6c78)nc4)cc3n(-c3ccccc3)c2c1. The Labute approximate surface area is 305 Å². The van der Waals surface area contributed by atoms with Gasteiger partial charge in [0.1, 0.15) is 0 Å². The minimum Gasteiger partial charge on any atom is -0.309 e. The summed E-state index contributed by atoms with van der Waals surface area (Å²) in [5.41, 5.74) is 10.5. The van der Waals surface area contributed by atoms with Gasteiger partial charge in [-0.15, -0.1) is 0 Å². The Bertz CT molecular complexity index is 3210. The number of nitriles is 1. The zero-order valence-corrected chi connectivity index (χ0v) is 28.6. The molecule has 0 aliphatic heterocycles. The zero-order chi connectivity index (χ0) is 35.0. The molecule has 0 spiro atoms. The number of pyridine rings is 1. The lowest BCUT2D eigenvalue weighted by Crippen LogP contribution is -1.94. The average Bonchev–Trinajstić information content (AvgIpc) is 3.55. The van der Waals surface area contributed by atoms with E-state index in [9.17, 15) is 5.26 Å². The molecular weight excluding hydrogens is 643 g/mol. The van der Waals surface area contributed by atoms with Crippen LogP contribution in [0.5, 0.6) is 0 Å². The van der Waals surface area contributed by atoms with Crippen LogP contribution in [-0.4, -0.2) is 9.55 Å². The largest absolute Gasteiger partial charge is 0.309 e. The number of hydrogen-bond acceptors (Lipinski definition) is 2. The van der Waals surface area contributed by atoms with Crippen molar-refractivity contribution in [3.05, 3.63) is 182 Å². The smallest absolute Gasteiger partial charge is 0.0992 e. The van der Waals surface area contributed by atoms with Crippen LogP contribution in [0.25, 0.3) is 104 Å². The third-order valence-electron chi connectivity index (χ3n) is 10.9. The van der Waals surface area contributed by atoms with Gasteiger partial charge in [0.15, 0.2) is 0 Å². The van der Waals surface area contributed by atoms with Gasteiger partial charge in [-0.25, -0.2) is 0 Å². The van der Waals surface area contributed by atoms with Crippen LogP contribution in [0.1, 0.15) is 5.56 Å². The lowest BCUT2D eigenvalue weighted by molar-refractivity contribution is 1.18. The summed E-state index contributed by atoms with van der Waals surface area (Å²) in [6, 6.07) is 63.1. The second-order valence-corrected chi connectivity index (χ2v) is 14.0. The second-order valence-electron chi connectivity index (χ2n) is 14.0. The van der Waals surface area contributed by atoms with Gasteiger partial charge in [-0.1, -0.05) is 103 Å². The molecule has 0 aliphatic carbocycles. The van der Waals surface area contributed by atoms with Crippen LogP contribution in [0.15, 0.2) is 176 Å². The molecule has 2 heterocycles. The van der Waals surface area contributed by atoms with E-state index in [-0.39, 0.29) is 0 Å². The van der Waals surface area contributed by atoms with Crippen molar-refractivity contribution >= 4 is 64.9 Å². The van der Waals surface area contributed by atoms with Gasteiger partial charge >= 0.3 is 0 Å². The summed E-state index contributed by atoms with van der Waals surface area (Å²) in [6.07, 6.45) is 1.98. The van der Waals surface area contributed by atoms with Crippen LogP contribution in [0.3, 0.4) is 0 Å². The van der Waals surface area contributed by atoms with E-state index < -0.39 is 0 Å². The summed E-state index contributed by atoms with van der Waals surface area (Å²) in [5, 5.41) is 22.0. The molecule has 11 aromatic rings. The minimum absolute atomic E-state index is 0.649. The highest BCUT2D eigenvalue weighted by Gasteiger charge is 2.16. The Morgan fingerprint density at radius 1 is 0.415 bits per heavy atom. The number of nitrogens with zero attached hydrogens (tertiary/aromatic N) is 3. The highest BCUT2D eigenvalue weighted by molar-refractivity contribution is 6.24. The van der Waals surface area contributed by atoms with E-state index in [1.807, 2.05) is 24.4 Å². The van der Waals surface area contributed by atoms with Crippen molar-refractivity contribution in [2.45, 2.75) is 0 Å². The Kier molecular flexibility index (Phi) is 6.32. The molecule has 0 aliphatic rings. The summed E-state index contributed by atoms with van der Waals surface area (Å²) in [5.74, 6) is 0. The lowest BCUT2D eigenvalue weighted by Gasteiger charge is -2.15. The lowest BCUT2D eigenvalue weighted by atomic mass is 9.89. The number of fused-ring (bicyclic) bond motifs is 4. The third-order valence-corrected chi connectivity index (χ3v) is 10.9. The monoisotopic (exact) mass is 671 g/mol. The summed E-state index contributed by atoms with van der Waals surface area (Å²) >= 11 is 0. The van der Waals surface area contributed by atoms with Gasteiger partial charge < -0.3 is 4.57 Å². The van der Waals surface area contributed by atoms with Gasteiger partial charge in [0, 0.05) is 33.8 Å². The Morgan fingerprint density at radius 2 is 0.962 bits per heavy atom. The number of benzene rings is 9. The van der Waals surface area contributed by atoms with E-state index >= 15 is 0 Å². The van der Waals surface area contributed by atoms with E-state index in [0.29, 0.717) is 5.56 Å². The van der Waals surface area contributed by atoms with Gasteiger partial charge in [-0.2, -0.15) is 5.26 Å². The van der Waals surface area contributed by atoms with Crippen LogP contribution in [-0.2, 0) is 0 Å². The Morgan fingerprint density at radius 3 is 1.64 bits per heavy atom. The quantitative estimate of drug-likeness (QED) is 0.175. The summed E-state index contributed by atoms with van der Waals surface area (Å²) < 4.78 is 2.25. The molecule has 3 nitrogen and oxygen atoms in total. The first-order valence-electron chi connectivity index (χ1n) is 17.9. The normalized spacial score (nSPS) is 11.8. The molecule has 244 valence electrons. The van der Waals surface area contributed by atoms with Gasteiger partial charge in [0.25, 0.3) is 0 Å². The molecule has 9 aromatic carbocycles. The third kappa shape index (κ3) is 4.63. The molecule has 0 saturated carbocycles. The first kappa shape index (κ1) is 29.5. The number of para-hydroxylation sites is 1. The van der Waals surface area contributed by atoms with Gasteiger partial charge in [-0.3, -0.25) is 4.98 Å². The van der Waals surface area contributed by atoms with E-state index in [4.69, 9.17) is 4.98 Å². The summed E-state index contributed by atoms with van der Waals surface area (Å²) in [7, 11) is 0. The molecule has 3 heteroatoms. The van der Waals surface area contributed by atoms with Crippen LogP contribution in [0, 0.1) is 11.3 Å². The van der Waals surface area contributed by atoms with E-state index in [2.05, 4.69) is 162 Å². The fourth-order valence-corrected chi connectivity index (χ4v) is 8.38. The van der Waals surface area contributed by atoms with Crippen molar-refractivity contribution in [3.63, 3.8) is 0 Å². The average molecular weight is 672 g/mol. The van der Waals surface area contributed by atoms with Crippen LogP contribution < -0.4 is 0 Å². The fraction of sp³-hybridized carbons (Fsp3) is 0. The second kappa shape index (κ2) is 11.4. The Hall–Kier alpha value is -7.28. The maximum absolute atomic E-state index is 9.66. The maximum Gasteiger partial charge on any atom is 0.0992 e. The van der Waals surface area contributed by atoms with Crippen molar-refractivity contribution in [3.8, 4) is 45.3 Å². The van der Waals surface area contributed by atoms with E-state index in [1.54, 1.807) is 0 Å². The first-order valence-corrected chi connectivity index (χ1v) is 17.9. The van der Waals surface area contributed by atoms with Crippen molar-refractivity contribution in [2.75, 3.05) is 0 Å².